The van der Waals surface area contributed by atoms with Crippen molar-refractivity contribution in [2.45, 2.75) is 25.9 Å². The van der Waals surface area contributed by atoms with Crippen molar-refractivity contribution in [2.24, 2.45) is 0 Å². The van der Waals surface area contributed by atoms with Gasteiger partial charge in [-0.25, -0.2) is 0 Å². The number of likely N-dealkylation sites (N-methyl/N-ethyl adjacent to an activating group) is 1. The van der Waals surface area contributed by atoms with Gasteiger partial charge in [0.1, 0.15) is 0 Å². The van der Waals surface area contributed by atoms with Crippen molar-refractivity contribution in [3.05, 3.63) is 42.0 Å². The Balaban J connectivity index is 2.02. The van der Waals surface area contributed by atoms with E-state index in [1.54, 1.807) is 6.08 Å². The van der Waals surface area contributed by atoms with Gasteiger partial charge in [0.15, 0.2) is 0 Å². The Morgan fingerprint density at radius 1 is 1.16 bits per heavy atom. The van der Waals surface area contributed by atoms with Crippen LogP contribution in [0.1, 0.15) is 19.4 Å². The van der Waals surface area contributed by atoms with Crippen molar-refractivity contribution in [3.63, 3.8) is 0 Å². The van der Waals surface area contributed by atoms with Crippen molar-refractivity contribution >= 4 is 12.0 Å². The highest BCUT2D eigenvalue weighted by Crippen LogP contribution is 2.14. The summed E-state index contributed by atoms with van der Waals surface area (Å²) in [5.74, 6) is 0.108. The molecule has 1 aromatic rings. The smallest absolute Gasteiger partial charge is 0.246 e. The van der Waals surface area contributed by atoms with Gasteiger partial charge in [-0.1, -0.05) is 30.3 Å². The molecule has 1 fully saturated rings. The number of carbonyl (C=O) groups is 1. The molecule has 0 N–H and O–H groups in total. The van der Waals surface area contributed by atoms with Crippen molar-refractivity contribution in [1.29, 1.82) is 0 Å². The predicted octanol–water partition coefficient (Wildman–Crippen LogP) is 2.25. The van der Waals surface area contributed by atoms with Crippen molar-refractivity contribution in [2.75, 3.05) is 20.1 Å². The van der Waals surface area contributed by atoms with Crippen molar-refractivity contribution < 1.29 is 4.79 Å². The highest BCUT2D eigenvalue weighted by molar-refractivity contribution is 5.92. The van der Waals surface area contributed by atoms with E-state index in [-0.39, 0.29) is 11.9 Å². The molecule has 0 unspecified atom stereocenters. The first-order valence-corrected chi connectivity index (χ1v) is 6.82. The van der Waals surface area contributed by atoms with Crippen LogP contribution in [0.25, 0.3) is 6.08 Å². The molecule has 2 rings (SSSR count). The molecular weight excluding hydrogens is 236 g/mol. The molecule has 0 aromatic heterocycles. The van der Waals surface area contributed by atoms with Crippen molar-refractivity contribution in [1.82, 2.24) is 9.80 Å². The molecule has 0 spiro atoms. The maximum atomic E-state index is 12.3. The second kappa shape index (κ2) is 6.02. The molecule has 0 bridgehead atoms. The number of benzene rings is 1. The van der Waals surface area contributed by atoms with Crippen LogP contribution < -0.4 is 0 Å². The van der Waals surface area contributed by atoms with E-state index in [4.69, 9.17) is 0 Å². The molecule has 0 radical (unpaired) electrons. The summed E-state index contributed by atoms with van der Waals surface area (Å²) in [5.41, 5.74) is 1.06. The molecule has 3 nitrogen and oxygen atoms in total. The van der Waals surface area contributed by atoms with Gasteiger partial charge >= 0.3 is 0 Å². The molecule has 3 heteroatoms. The first-order valence-electron chi connectivity index (χ1n) is 6.82. The van der Waals surface area contributed by atoms with Gasteiger partial charge in [0.25, 0.3) is 0 Å². The molecule has 2 atom stereocenters. The molecule has 1 aromatic carbocycles. The zero-order chi connectivity index (χ0) is 13.8. The van der Waals surface area contributed by atoms with Gasteiger partial charge in [-0.2, -0.15) is 0 Å². The van der Waals surface area contributed by atoms with Crippen LogP contribution in [0.4, 0.5) is 0 Å². The fraction of sp³-hybridized carbons (Fsp3) is 0.438. The third-order valence-corrected chi connectivity index (χ3v) is 3.80. The van der Waals surface area contributed by atoms with Gasteiger partial charge in [-0.15, -0.1) is 0 Å². The summed E-state index contributed by atoms with van der Waals surface area (Å²) in [4.78, 5) is 16.5. The van der Waals surface area contributed by atoms with Crippen LogP contribution in [-0.4, -0.2) is 47.9 Å². The van der Waals surface area contributed by atoms with Gasteiger partial charge in [0.2, 0.25) is 5.91 Å². The van der Waals surface area contributed by atoms with Crippen LogP contribution in [0.5, 0.6) is 0 Å². The van der Waals surface area contributed by atoms with Gasteiger partial charge in [0, 0.05) is 31.2 Å². The lowest BCUT2D eigenvalue weighted by Gasteiger charge is -2.42. The van der Waals surface area contributed by atoms with E-state index in [9.17, 15) is 4.79 Å². The Kier molecular flexibility index (Phi) is 4.38. The van der Waals surface area contributed by atoms with Crippen LogP contribution in [0, 0.1) is 0 Å². The highest BCUT2D eigenvalue weighted by Gasteiger charge is 2.28. The summed E-state index contributed by atoms with van der Waals surface area (Å²) in [6.45, 7) is 6.01. The van der Waals surface area contributed by atoms with Crippen molar-refractivity contribution in [3.8, 4) is 0 Å². The van der Waals surface area contributed by atoms with Gasteiger partial charge in [0.05, 0.1) is 0 Å². The van der Waals surface area contributed by atoms with E-state index in [1.165, 1.54) is 0 Å². The predicted molar refractivity (Wildman–Crippen MR) is 78.7 cm³/mol. The number of carbonyl (C=O) groups excluding carboxylic acids is 1. The summed E-state index contributed by atoms with van der Waals surface area (Å²) in [6.07, 6.45) is 3.57. The van der Waals surface area contributed by atoms with Crippen LogP contribution in [0.15, 0.2) is 36.4 Å². The van der Waals surface area contributed by atoms with E-state index in [0.29, 0.717) is 6.04 Å². The average Bonchev–Trinajstić information content (AvgIpc) is 2.41. The number of hydrogen-bond acceptors (Lipinski definition) is 2. The minimum absolute atomic E-state index is 0.108. The standard InChI is InChI=1S/C16H22N2O/c1-13-12-18(14(2)11-17(13)3)16(19)10-9-15-7-5-4-6-8-15/h4-10,13-14H,11-12H2,1-3H3/b10-9+/t13-,14+/m1/s1. The average molecular weight is 258 g/mol. The fourth-order valence-electron chi connectivity index (χ4n) is 2.43. The Hall–Kier alpha value is -1.61. The van der Waals surface area contributed by atoms with Gasteiger partial charge in [-0.05, 0) is 32.5 Å². The van der Waals surface area contributed by atoms with E-state index >= 15 is 0 Å². The quantitative estimate of drug-likeness (QED) is 0.760. The first-order chi connectivity index (χ1) is 9.08. The second-order valence-corrected chi connectivity index (χ2v) is 5.37. The summed E-state index contributed by atoms with van der Waals surface area (Å²) in [7, 11) is 2.11. The number of rotatable bonds is 2. The molecule has 1 amide bonds. The Morgan fingerprint density at radius 3 is 2.53 bits per heavy atom. The molecule has 0 saturated carbocycles. The Bertz CT molecular complexity index is 455. The van der Waals surface area contributed by atoms with E-state index in [2.05, 4.69) is 25.8 Å². The molecular formula is C16H22N2O. The van der Waals surface area contributed by atoms with E-state index in [1.807, 2.05) is 41.3 Å². The van der Waals surface area contributed by atoms with Crippen LogP contribution in [-0.2, 0) is 4.79 Å². The lowest BCUT2D eigenvalue weighted by Crippen LogP contribution is -2.56. The molecule has 0 aliphatic carbocycles. The SMILES string of the molecule is C[C@@H]1CN(C(=O)/C=C/c2ccccc2)[C@@H](C)CN1C. The van der Waals surface area contributed by atoms with Gasteiger partial charge < -0.3 is 4.90 Å². The summed E-state index contributed by atoms with van der Waals surface area (Å²) in [5, 5.41) is 0. The molecule has 1 aliphatic rings. The highest BCUT2D eigenvalue weighted by atomic mass is 16.2. The zero-order valence-electron chi connectivity index (χ0n) is 11.9. The Morgan fingerprint density at radius 2 is 1.84 bits per heavy atom. The summed E-state index contributed by atoms with van der Waals surface area (Å²) in [6, 6.07) is 10.6. The maximum absolute atomic E-state index is 12.3. The summed E-state index contributed by atoms with van der Waals surface area (Å²) < 4.78 is 0. The third kappa shape index (κ3) is 3.44. The van der Waals surface area contributed by atoms with Gasteiger partial charge in [-0.3, -0.25) is 9.69 Å². The fourth-order valence-corrected chi connectivity index (χ4v) is 2.43. The number of amides is 1. The minimum atomic E-state index is 0.108. The molecule has 1 aliphatic heterocycles. The van der Waals surface area contributed by atoms with Crippen LogP contribution >= 0.6 is 0 Å². The van der Waals surface area contributed by atoms with Crippen LogP contribution in [0.2, 0.25) is 0 Å². The molecule has 19 heavy (non-hydrogen) atoms. The Labute approximate surface area is 115 Å². The second-order valence-electron chi connectivity index (χ2n) is 5.37. The molecule has 1 heterocycles. The van der Waals surface area contributed by atoms with E-state index < -0.39 is 0 Å². The number of nitrogens with zero attached hydrogens (tertiary/aromatic N) is 2. The monoisotopic (exact) mass is 258 g/mol. The number of piperazine rings is 1. The van der Waals surface area contributed by atoms with Crippen LogP contribution in [0.3, 0.4) is 0 Å². The lowest BCUT2D eigenvalue weighted by molar-refractivity contribution is -0.131. The first kappa shape index (κ1) is 13.8. The van der Waals surface area contributed by atoms with E-state index in [0.717, 1.165) is 18.7 Å². The third-order valence-electron chi connectivity index (χ3n) is 3.80. The maximum Gasteiger partial charge on any atom is 0.246 e. The largest absolute Gasteiger partial charge is 0.334 e. The number of hydrogen-bond donors (Lipinski definition) is 0. The molecule has 102 valence electrons. The zero-order valence-corrected chi connectivity index (χ0v) is 11.9. The summed E-state index contributed by atoms with van der Waals surface area (Å²) >= 11 is 0. The normalized spacial score (nSPS) is 24.9. The topological polar surface area (TPSA) is 23.6 Å². The molecule has 1 saturated heterocycles. The lowest BCUT2D eigenvalue weighted by atomic mass is 10.1. The minimum Gasteiger partial charge on any atom is -0.334 e.